The second-order valence-electron chi connectivity index (χ2n) is 6.56. The van der Waals surface area contributed by atoms with Gasteiger partial charge in [0, 0.05) is 30.7 Å². The first-order chi connectivity index (χ1) is 14.0. The number of nitrogens with one attached hydrogen (secondary N) is 1. The van der Waals surface area contributed by atoms with Crippen molar-refractivity contribution in [2.75, 3.05) is 0 Å². The maximum absolute atomic E-state index is 13.1. The van der Waals surface area contributed by atoms with E-state index in [-0.39, 0.29) is 12.1 Å². The second-order valence-corrected chi connectivity index (χ2v) is 8.53. The number of hydrogen-bond acceptors (Lipinski definition) is 9. The van der Waals surface area contributed by atoms with Gasteiger partial charge in [0.25, 0.3) is 5.56 Å². The van der Waals surface area contributed by atoms with Gasteiger partial charge in [0.05, 0.1) is 33.5 Å². The zero-order valence-electron chi connectivity index (χ0n) is 15.2. The summed E-state index contributed by atoms with van der Waals surface area (Å²) in [6.45, 7) is 0.138. The molecule has 0 spiro atoms. The maximum Gasteiger partial charge on any atom is 0.291 e. The molecular weight excluding hydrogens is 412 g/mol. The Morgan fingerprint density at radius 1 is 1.41 bits per heavy atom. The van der Waals surface area contributed by atoms with E-state index in [1.807, 2.05) is 13.1 Å². The molecule has 0 aliphatic heterocycles. The van der Waals surface area contributed by atoms with Gasteiger partial charge in [-0.25, -0.2) is 14.6 Å². The number of aryl methyl sites for hydroxylation is 1. The van der Waals surface area contributed by atoms with Crippen molar-refractivity contribution in [1.82, 2.24) is 34.5 Å². The number of thiazole rings is 2. The van der Waals surface area contributed by atoms with E-state index in [1.165, 1.54) is 16.0 Å². The zero-order valence-corrected chi connectivity index (χ0v) is 16.9. The third kappa shape index (κ3) is 2.97. The molecule has 1 unspecified atom stereocenters. The number of fused-ring (bicyclic) bond motifs is 3. The second kappa shape index (κ2) is 6.84. The molecule has 0 saturated carbocycles. The van der Waals surface area contributed by atoms with Crippen LogP contribution < -0.4 is 11.3 Å². The molecule has 148 valence electrons. The lowest BCUT2D eigenvalue weighted by Gasteiger charge is -2.07. The summed E-state index contributed by atoms with van der Waals surface area (Å²) < 4.78 is 4.07. The molecule has 5 aromatic heterocycles. The lowest BCUT2D eigenvalue weighted by Crippen LogP contribution is -2.25. The van der Waals surface area contributed by atoms with E-state index >= 15 is 0 Å². The third-order valence-electron chi connectivity index (χ3n) is 4.71. The predicted octanol–water partition coefficient (Wildman–Crippen LogP) is 1.11. The normalized spacial score (nSPS) is 12.9. The fraction of sp³-hybridized carbons (Fsp3) is 0.235. The van der Waals surface area contributed by atoms with Gasteiger partial charge >= 0.3 is 0 Å². The Kier molecular flexibility index (Phi) is 4.28. The number of nitrogens with zero attached hydrogens (tertiary/aromatic N) is 6. The van der Waals surface area contributed by atoms with Crippen LogP contribution in [0.3, 0.4) is 0 Å². The van der Waals surface area contributed by atoms with Crippen LogP contribution in [0.25, 0.3) is 21.3 Å². The molecule has 0 aliphatic rings. The van der Waals surface area contributed by atoms with Crippen LogP contribution in [0.4, 0.5) is 0 Å². The minimum Gasteiger partial charge on any atom is -0.374 e. The van der Waals surface area contributed by atoms with E-state index in [0.29, 0.717) is 22.5 Å². The Balaban J connectivity index is 1.57. The maximum atomic E-state index is 13.1. The van der Waals surface area contributed by atoms with Crippen molar-refractivity contribution in [3.63, 3.8) is 0 Å². The third-order valence-corrected chi connectivity index (χ3v) is 6.73. The number of rotatable bonds is 5. The zero-order chi connectivity index (χ0) is 20.1. The van der Waals surface area contributed by atoms with Crippen molar-refractivity contribution in [3.05, 3.63) is 55.6 Å². The van der Waals surface area contributed by atoms with Crippen molar-refractivity contribution in [1.29, 1.82) is 0 Å². The first-order valence-corrected chi connectivity index (χ1v) is 10.4. The van der Waals surface area contributed by atoms with Crippen LogP contribution in [-0.2, 0) is 20.0 Å². The van der Waals surface area contributed by atoms with Crippen molar-refractivity contribution in [2.24, 2.45) is 12.8 Å². The van der Waals surface area contributed by atoms with E-state index in [1.54, 1.807) is 33.8 Å². The largest absolute Gasteiger partial charge is 0.374 e. The Hall–Kier alpha value is -2.93. The first-order valence-electron chi connectivity index (χ1n) is 8.71. The Bertz CT molecular complexity index is 1380. The molecule has 0 aromatic carbocycles. The number of nitrogens with two attached hydrogens (primary N) is 1. The van der Waals surface area contributed by atoms with Crippen molar-refractivity contribution in [2.45, 2.75) is 19.2 Å². The molecule has 1 atom stereocenters. The van der Waals surface area contributed by atoms with Crippen molar-refractivity contribution >= 4 is 43.9 Å². The minimum atomic E-state index is -1.13. The van der Waals surface area contributed by atoms with E-state index in [2.05, 4.69) is 20.3 Å². The molecule has 0 fully saturated rings. The molecule has 0 amide bonds. The van der Waals surface area contributed by atoms with Crippen LogP contribution in [0, 0.1) is 0 Å². The van der Waals surface area contributed by atoms with Gasteiger partial charge in [-0.1, -0.05) is 0 Å². The standard InChI is InChI=1S/C17H16N8O2S2/c1-24-12-9(13-16(24)22-11(29-13)4-8-2-3-20-23-8)5-21-25(17(12)27)6-10-14(15(18)26)28-7-19-10/h2-3,5,7,15,26H,4,6,18H2,1H3,(H,20,23). The van der Waals surface area contributed by atoms with Crippen molar-refractivity contribution < 1.29 is 5.11 Å². The molecule has 10 nitrogen and oxygen atoms in total. The topological polar surface area (TPSA) is 141 Å². The Morgan fingerprint density at radius 2 is 2.28 bits per heavy atom. The van der Waals surface area contributed by atoms with E-state index < -0.39 is 6.23 Å². The smallest absolute Gasteiger partial charge is 0.291 e. The van der Waals surface area contributed by atoms with Crippen LogP contribution in [0.2, 0.25) is 0 Å². The predicted molar refractivity (Wildman–Crippen MR) is 110 cm³/mol. The first kappa shape index (κ1) is 18.1. The number of hydrogen-bond donors (Lipinski definition) is 3. The average molecular weight is 429 g/mol. The highest BCUT2D eigenvalue weighted by Crippen LogP contribution is 2.31. The number of aliphatic hydroxyl groups excluding tert-OH is 1. The van der Waals surface area contributed by atoms with Crippen LogP contribution in [-0.4, -0.2) is 39.6 Å². The van der Waals surface area contributed by atoms with Crippen LogP contribution in [0.1, 0.15) is 27.5 Å². The molecular formula is C17H16N8O2S2. The van der Waals surface area contributed by atoms with Gasteiger partial charge in [-0.2, -0.15) is 10.2 Å². The number of aromatic nitrogens is 7. The molecule has 5 aromatic rings. The van der Waals surface area contributed by atoms with E-state index in [0.717, 1.165) is 26.4 Å². The summed E-state index contributed by atoms with van der Waals surface area (Å²) in [5.74, 6) is 0. The molecule has 0 radical (unpaired) electrons. The summed E-state index contributed by atoms with van der Waals surface area (Å²) in [7, 11) is 1.83. The number of aromatic amines is 1. The average Bonchev–Trinajstić information content (AvgIpc) is 3.45. The quantitative estimate of drug-likeness (QED) is 0.356. The summed E-state index contributed by atoms with van der Waals surface area (Å²) >= 11 is 2.79. The van der Waals surface area contributed by atoms with Crippen LogP contribution in [0.15, 0.2) is 28.8 Å². The fourth-order valence-electron chi connectivity index (χ4n) is 3.35. The van der Waals surface area contributed by atoms with Gasteiger partial charge in [-0.15, -0.1) is 22.7 Å². The molecule has 0 saturated heterocycles. The number of H-pyrrole nitrogens is 1. The van der Waals surface area contributed by atoms with Gasteiger partial charge in [0.15, 0.2) is 5.65 Å². The van der Waals surface area contributed by atoms with Gasteiger partial charge in [0.1, 0.15) is 16.8 Å². The SMILES string of the molecule is Cn1c2nc(Cc3ccn[nH]3)sc2c2cnn(Cc3ncsc3C(N)O)c(=O)c21. The molecule has 29 heavy (non-hydrogen) atoms. The van der Waals surface area contributed by atoms with Gasteiger partial charge in [0.2, 0.25) is 0 Å². The van der Waals surface area contributed by atoms with Gasteiger partial charge < -0.3 is 15.4 Å². The monoisotopic (exact) mass is 428 g/mol. The summed E-state index contributed by atoms with van der Waals surface area (Å²) in [5.41, 5.74) is 9.72. The summed E-state index contributed by atoms with van der Waals surface area (Å²) in [6, 6.07) is 1.91. The van der Waals surface area contributed by atoms with Crippen molar-refractivity contribution in [3.8, 4) is 0 Å². The van der Waals surface area contributed by atoms with E-state index in [4.69, 9.17) is 10.7 Å². The highest BCUT2D eigenvalue weighted by atomic mass is 32.1. The highest BCUT2D eigenvalue weighted by molar-refractivity contribution is 7.19. The fourth-order valence-corrected chi connectivity index (χ4v) is 5.16. The molecule has 5 rings (SSSR count). The number of aliphatic hydroxyl groups is 1. The molecule has 0 aliphatic carbocycles. The lowest BCUT2D eigenvalue weighted by molar-refractivity contribution is 0.188. The van der Waals surface area contributed by atoms with Crippen LogP contribution in [0.5, 0.6) is 0 Å². The molecule has 0 bridgehead atoms. The molecule has 12 heteroatoms. The van der Waals surface area contributed by atoms with E-state index in [9.17, 15) is 9.90 Å². The summed E-state index contributed by atoms with van der Waals surface area (Å²) in [5, 5.41) is 22.6. The van der Waals surface area contributed by atoms with Crippen LogP contribution >= 0.6 is 22.7 Å². The highest BCUT2D eigenvalue weighted by Gasteiger charge is 2.20. The van der Waals surface area contributed by atoms with Gasteiger partial charge in [-0.05, 0) is 6.07 Å². The Labute approximate surface area is 171 Å². The summed E-state index contributed by atoms with van der Waals surface area (Å²) in [4.78, 5) is 22.5. The van der Waals surface area contributed by atoms with Gasteiger partial charge in [-0.3, -0.25) is 9.89 Å². The minimum absolute atomic E-state index is 0.138. The molecule has 4 N–H and O–H groups in total. The lowest BCUT2D eigenvalue weighted by atomic mass is 10.3. The Morgan fingerprint density at radius 3 is 3.03 bits per heavy atom. The molecule has 5 heterocycles. The summed E-state index contributed by atoms with van der Waals surface area (Å²) in [6.07, 6.45) is 2.92.